The number of aromatic nitrogens is 1. The molecule has 53 heavy (non-hydrogen) atoms. The van der Waals surface area contributed by atoms with Gasteiger partial charge in [0.15, 0.2) is 0 Å². The van der Waals surface area contributed by atoms with Crippen molar-refractivity contribution in [3.8, 4) is 23.7 Å². The Morgan fingerprint density at radius 2 is 1.34 bits per heavy atom. The minimum atomic E-state index is -1.13. The van der Waals surface area contributed by atoms with Crippen LogP contribution in [0.5, 0.6) is 0 Å². The molecule has 0 saturated heterocycles. The summed E-state index contributed by atoms with van der Waals surface area (Å²) in [5.41, 5.74) is 0.872. The molecule has 4 atom stereocenters. The molecule has 0 unspecified atom stereocenters. The van der Waals surface area contributed by atoms with Gasteiger partial charge >= 0.3 is 0 Å². The van der Waals surface area contributed by atoms with Crippen LogP contribution in [0, 0.1) is 30.6 Å². The maximum absolute atomic E-state index is 12.7. The Hall–Kier alpha value is -5.03. The van der Waals surface area contributed by atoms with Gasteiger partial charge in [-0.25, -0.2) is 0 Å². The van der Waals surface area contributed by atoms with Crippen LogP contribution in [-0.2, 0) is 0 Å². The van der Waals surface area contributed by atoms with Crippen molar-refractivity contribution in [1.82, 2.24) is 15.8 Å². The molecular weight excluding hydrogens is 713 g/mol. The SMILES string of the molecule is Cc1oncc1C(=O)N[C@H]1CCC[C@@](O)(C#Cc2cccc(Cl)c2)C1.O=C(N[C@H]1CCC[C@@](O)(C#Cc2cccc(Cl)c2)C1)c1coc2ccccc12. The molecule has 2 aliphatic carbocycles. The molecule has 2 fully saturated rings. The molecule has 2 aromatic heterocycles. The number of para-hydroxylation sites is 1. The summed E-state index contributed by atoms with van der Waals surface area (Å²) in [5, 5.41) is 33.3. The van der Waals surface area contributed by atoms with Crippen molar-refractivity contribution in [1.29, 1.82) is 0 Å². The van der Waals surface area contributed by atoms with E-state index in [1.54, 1.807) is 31.2 Å². The van der Waals surface area contributed by atoms with Crippen molar-refractivity contribution >= 4 is 46.0 Å². The second kappa shape index (κ2) is 16.8. The van der Waals surface area contributed by atoms with E-state index in [0.717, 1.165) is 42.2 Å². The van der Waals surface area contributed by atoms with E-state index in [2.05, 4.69) is 39.5 Å². The third kappa shape index (κ3) is 10.1. The molecule has 0 bridgehead atoms. The van der Waals surface area contributed by atoms with Gasteiger partial charge in [-0.1, -0.05) is 82.4 Å². The Morgan fingerprint density at radius 3 is 1.87 bits per heavy atom. The second-order valence-electron chi connectivity index (χ2n) is 13.6. The molecule has 272 valence electrons. The van der Waals surface area contributed by atoms with E-state index in [-0.39, 0.29) is 23.9 Å². The molecule has 3 aromatic carbocycles. The van der Waals surface area contributed by atoms with E-state index in [1.807, 2.05) is 48.5 Å². The summed E-state index contributed by atoms with van der Waals surface area (Å²) >= 11 is 11.9. The summed E-state index contributed by atoms with van der Waals surface area (Å²) in [6.45, 7) is 1.69. The lowest BCUT2D eigenvalue weighted by atomic mass is 9.82. The fourth-order valence-electron chi connectivity index (χ4n) is 6.68. The fraction of sp³-hybridized carbons (Fsp3) is 0.310. The van der Waals surface area contributed by atoms with Gasteiger partial charge in [0.25, 0.3) is 11.8 Å². The van der Waals surface area contributed by atoms with Crippen LogP contribution in [0.4, 0.5) is 0 Å². The third-order valence-electron chi connectivity index (χ3n) is 9.37. The molecule has 7 rings (SSSR count). The zero-order valence-corrected chi connectivity index (χ0v) is 30.6. The van der Waals surface area contributed by atoms with Crippen LogP contribution in [0.2, 0.25) is 10.0 Å². The van der Waals surface area contributed by atoms with Crippen molar-refractivity contribution in [3.05, 3.63) is 123 Å². The van der Waals surface area contributed by atoms with Crippen LogP contribution in [0.1, 0.15) is 89.0 Å². The molecule has 0 spiro atoms. The number of fused-ring (bicyclic) bond motifs is 1. The quantitative estimate of drug-likeness (QED) is 0.139. The van der Waals surface area contributed by atoms with Crippen molar-refractivity contribution in [2.45, 2.75) is 81.6 Å². The molecule has 5 aromatic rings. The molecule has 2 aliphatic rings. The summed E-state index contributed by atoms with van der Waals surface area (Å²) in [4.78, 5) is 25.0. The first kappa shape index (κ1) is 37.7. The van der Waals surface area contributed by atoms with Gasteiger partial charge in [-0.15, -0.1) is 0 Å². The first-order valence-electron chi connectivity index (χ1n) is 17.5. The van der Waals surface area contributed by atoms with Crippen LogP contribution in [0.15, 0.2) is 94.2 Å². The van der Waals surface area contributed by atoms with E-state index in [0.29, 0.717) is 58.2 Å². The highest BCUT2D eigenvalue weighted by atomic mass is 35.5. The van der Waals surface area contributed by atoms with Crippen LogP contribution < -0.4 is 10.6 Å². The monoisotopic (exact) mass is 751 g/mol. The Labute approximate surface area is 318 Å². The summed E-state index contributed by atoms with van der Waals surface area (Å²) in [6.07, 6.45) is 8.01. The number of hydrogen-bond donors (Lipinski definition) is 4. The van der Waals surface area contributed by atoms with E-state index >= 15 is 0 Å². The number of furan rings is 1. The zero-order chi connectivity index (χ0) is 37.4. The van der Waals surface area contributed by atoms with Crippen LogP contribution in [0.25, 0.3) is 11.0 Å². The number of aliphatic hydroxyl groups is 2. The number of carbonyl (C=O) groups is 2. The highest BCUT2D eigenvalue weighted by molar-refractivity contribution is 6.31. The fourth-order valence-corrected chi connectivity index (χ4v) is 7.07. The minimum Gasteiger partial charge on any atom is -0.463 e. The van der Waals surface area contributed by atoms with Gasteiger partial charge in [-0.3, -0.25) is 9.59 Å². The number of nitrogens with zero attached hydrogens (tertiary/aromatic N) is 1. The third-order valence-corrected chi connectivity index (χ3v) is 9.84. The van der Waals surface area contributed by atoms with E-state index in [4.69, 9.17) is 32.1 Å². The number of benzene rings is 3. The number of carbonyl (C=O) groups excluding carboxylic acids is 2. The predicted octanol–water partition coefficient (Wildman–Crippen LogP) is 7.63. The van der Waals surface area contributed by atoms with Gasteiger partial charge in [0, 0.05) is 51.5 Å². The normalized spacial score (nSPS) is 22.2. The average Bonchev–Trinajstić information content (AvgIpc) is 3.77. The number of rotatable bonds is 4. The largest absolute Gasteiger partial charge is 0.463 e. The van der Waals surface area contributed by atoms with Crippen molar-refractivity contribution in [3.63, 3.8) is 0 Å². The summed E-state index contributed by atoms with van der Waals surface area (Å²) in [5.74, 6) is 12.0. The highest BCUT2D eigenvalue weighted by Crippen LogP contribution is 2.30. The van der Waals surface area contributed by atoms with Crippen molar-refractivity contribution in [2.75, 3.05) is 0 Å². The van der Waals surface area contributed by atoms with E-state index in [1.165, 1.54) is 12.5 Å². The van der Waals surface area contributed by atoms with Crippen LogP contribution >= 0.6 is 23.2 Å². The molecule has 11 heteroatoms. The minimum absolute atomic E-state index is 0.144. The summed E-state index contributed by atoms with van der Waals surface area (Å²) in [7, 11) is 0. The molecule has 2 amide bonds. The van der Waals surface area contributed by atoms with Gasteiger partial charge in [-0.2, -0.15) is 0 Å². The lowest BCUT2D eigenvalue weighted by molar-refractivity contribution is 0.0443. The Balaban J connectivity index is 0.000000183. The van der Waals surface area contributed by atoms with Gasteiger partial charge in [0.05, 0.1) is 11.8 Å². The number of hydrogen-bond acceptors (Lipinski definition) is 7. The lowest BCUT2D eigenvalue weighted by Gasteiger charge is -2.33. The van der Waals surface area contributed by atoms with Gasteiger partial charge < -0.3 is 29.8 Å². The number of nitrogens with one attached hydrogen (secondary N) is 2. The molecule has 2 saturated carbocycles. The topological polar surface area (TPSA) is 138 Å². The Bertz CT molecular complexity index is 2230. The Morgan fingerprint density at radius 1 is 0.792 bits per heavy atom. The van der Waals surface area contributed by atoms with Crippen LogP contribution in [0.3, 0.4) is 0 Å². The van der Waals surface area contributed by atoms with E-state index < -0.39 is 11.2 Å². The smallest absolute Gasteiger partial charge is 0.256 e. The maximum Gasteiger partial charge on any atom is 0.256 e. The predicted molar refractivity (Wildman–Crippen MR) is 203 cm³/mol. The van der Waals surface area contributed by atoms with Crippen LogP contribution in [-0.4, -0.2) is 50.5 Å². The van der Waals surface area contributed by atoms with Gasteiger partial charge in [0.1, 0.15) is 34.4 Å². The molecule has 9 nitrogen and oxygen atoms in total. The average molecular weight is 753 g/mol. The van der Waals surface area contributed by atoms with Gasteiger partial charge in [-0.05, 0) is 87.9 Å². The number of aryl methyl sites for hydroxylation is 1. The molecule has 0 radical (unpaired) electrons. The molecule has 2 heterocycles. The Kier molecular flexibility index (Phi) is 11.9. The zero-order valence-electron chi connectivity index (χ0n) is 29.1. The molecule has 0 aliphatic heterocycles. The lowest BCUT2D eigenvalue weighted by Crippen LogP contribution is -2.45. The van der Waals surface area contributed by atoms with E-state index in [9.17, 15) is 19.8 Å². The number of amides is 2. The van der Waals surface area contributed by atoms with Crippen molar-refractivity contribution < 1.29 is 28.7 Å². The highest BCUT2D eigenvalue weighted by Gasteiger charge is 2.35. The maximum atomic E-state index is 12.7. The summed E-state index contributed by atoms with van der Waals surface area (Å²) in [6, 6.07) is 21.6. The standard InChI is InChI=1S/C23H20ClNO3.C19H19ClN2O3/c24-17-6-3-5-16(13-17)10-12-23(27)11-4-7-18(14-23)25-22(26)20-15-28-21-9-2-1-8-19(20)21;1-13-17(12-21-25-13)18(23)22-16-6-3-8-19(24,11-16)9-7-14-4-2-5-15(20)10-14/h1-3,5-6,8-9,13,15,18,27H,4,7,11,14H2,(H,25,26);2,4-5,10,12,16,24H,3,6,8,11H2,1H3,(H,22,23)/t18-,23+;16-,19+/m00/s1. The first-order valence-corrected chi connectivity index (χ1v) is 18.2. The molecular formula is C42H39Cl2N3O6. The first-order chi connectivity index (χ1) is 25.5. The van der Waals surface area contributed by atoms with Gasteiger partial charge in [0.2, 0.25) is 0 Å². The number of halogens is 2. The summed E-state index contributed by atoms with van der Waals surface area (Å²) < 4.78 is 10.4. The second-order valence-corrected chi connectivity index (χ2v) is 14.4. The van der Waals surface area contributed by atoms with Crippen molar-refractivity contribution in [2.24, 2.45) is 0 Å². The molecule has 4 N–H and O–H groups in total.